The predicted molar refractivity (Wildman–Crippen MR) is 128 cm³/mol. The van der Waals surface area contributed by atoms with E-state index in [-0.39, 0.29) is 5.92 Å². The number of thiocarbonyl (C=S) groups is 1. The summed E-state index contributed by atoms with van der Waals surface area (Å²) in [7, 11) is 1.65. The first-order chi connectivity index (χ1) is 14.5. The second kappa shape index (κ2) is 7.23. The van der Waals surface area contributed by atoms with Crippen molar-refractivity contribution < 1.29 is 4.74 Å². The van der Waals surface area contributed by atoms with Crippen LogP contribution in [-0.4, -0.2) is 22.3 Å². The van der Waals surface area contributed by atoms with Crippen molar-refractivity contribution >= 4 is 46.5 Å². The molecule has 2 aromatic carbocycles. The van der Waals surface area contributed by atoms with Crippen LogP contribution in [0.15, 0.2) is 66.0 Å². The minimum atomic E-state index is -2.39. The molecule has 0 spiro atoms. The van der Waals surface area contributed by atoms with Gasteiger partial charge in [-0.2, -0.15) is 5.10 Å². The highest BCUT2D eigenvalue weighted by molar-refractivity contribution is 8.17. The highest BCUT2D eigenvalue weighted by Gasteiger charge is 2.40. The summed E-state index contributed by atoms with van der Waals surface area (Å²) < 4.78 is 5.28. The zero-order valence-electron chi connectivity index (χ0n) is 16.4. The summed E-state index contributed by atoms with van der Waals surface area (Å²) in [5, 5.41) is 19.0. The molecular formula is C21H20N5OPS2. The molecule has 0 aliphatic carbocycles. The average molecular weight is 454 g/mol. The third-order valence-corrected chi connectivity index (χ3v) is 9.18. The first-order valence-electron chi connectivity index (χ1n) is 9.47. The van der Waals surface area contributed by atoms with Crippen LogP contribution in [0.3, 0.4) is 0 Å². The van der Waals surface area contributed by atoms with E-state index in [0.29, 0.717) is 4.99 Å². The third-order valence-electron chi connectivity index (χ3n) is 5.43. The average Bonchev–Trinajstić information content (AvgIpc) is 3.13. The molecule has 152 valence electrons. The number of aryl methyl sites for hydroxylation is 1. The van der Waals surface area contributed by atoms with Crippen LogP contribution in [0.25, 0.3) is 0 Å². The molecule has 0 saturated carbocycles. The third kappa shape index (κ3) is 3.03. The summed E-state index contributed by atoms with van der Waals surface area (Å²) in [6, 6.07) is 18.1. The maximum absolute atomic E-state index is 6.06. The number of aromatic nitrogens is 2. The number of benzene rings is 2. The van der Waals surface area contributed by atoms with E-state index in [2.05, 4.69) is 37.8 Å². The molecule has 0 bridgehead atoms. The monoisotopic (exact) mass is 453 g/mol. The van der Waals surface area contributed by atoms with Gasteiger partial charge in [-0.25, -0.2) is 0 Å². The highest BCUT2D eigenvalue weighted by Crippen LogP contribution is 2.49. The standard InChI is InChI=1S/C21H20N5OPS2/c1-12-16-17(13-6-4-3-5-7-13)18-20(22-19(16)24-23-12)25-28(30,26-21(18)29)15-10-8-14(27-2)9-11-15/h3-11,17H,1-2H3,(H4,22,23,24,25,26,29,30). The van der Waals surface area contributed by atoms with E-state index >= 15 is 0 Å². The van der Waals surface area contributed by atoms with E-state index in [1.807, 2.05) is 49.4 Å². The van der Waals surface area contributed by atoms with Gasteiger partial charge in [0.05, 0.1) is 7.11 Å². The van der Waals surface area contributed by atoms with E-state index in [0.717, 1.165) is 45.1 Å². The summed E-state index contributed by atoms with van der Waals surface area (Å²) >= 11 is 11.9. The van der Waals surface area contributed by atoms with Gasteiger partial charge in [0, 0.05) is 28.1 Å². The van der Waals surface area contributed by atoms with Crippen LogP contribution in [0, 0.1) is 6.92 Å². The fourth-order valence-electron chi connectivity index (χ4n) is 3.98. The Labute approximate surface area is 185 Å². The van der Waals surface area contributed by atoms with Crippen LogP contribution >= 0.6 is 18.6 Å². The molecule has 0 saturated heterocycles. The summed E-state index contributed by atoms with van der Waals surface area (Å²) in [5.41, 5.74) is 4.26. The van der Waals surface area contributed by atoms with Gasteiger partial charge in [0.15, 0.2) is 5.82 Å². The maximum atomic E-state index is 6.06. The molecule has 6 nitrogen and oxygen atoms in total. The van der Waals surface area contributed by atoms with Crippen molar-refractivity contribution in [1.82, 2.24) is 20.4 Å². The molecule has 0 radical (unpaired) electrons. The minimum absolute atomic E-state index is 0.0386. The van der Waals surface area contributed by atoms with Gasteiger partial charge in [-0.1, -0.05) is 42.5 Å². The molecule has 1 aromatic heterocycles. The number of methoxy groups -OCH3 is 1. The number of anilines is 1. The molecule has 3 heterocycles. The molecule has 5 rings (SSSR count). The molecule has 3 aromatic rings. The summed E-state index contributed by atoms with van der Waals surface area (Å²) in [4.78, 5) is 0.663. The molecule has 2 aliphatic heterocycles. The fraction of sp³-hybridized carbons (Fsp3) is 0.143. The van der Waals surface area contributed by atoms with Gasteiger partial charge in [-0.3, -0.25) is 5.10 Å². The Morgan fingerprint density at radius 1 is 1.03 bits per heavy atom. The van der Waals surface area contributed by atoms with E-state index in [9.17, 15) is 0 Å². The van der Waals surface area contributed by atoms with E-state index in [1.54, 1.807) is 7.11 Å². The first kappa shape index (κ1) is 19.3. The van der Waals surface area contributed by atoms with Gasteiger partial charge < -0.3 is 20.2 Å². The lowest BCUT2D eigenvalue weighted by Gasteiger charge is -2.40. The van der Waals surface area contributed by atoms with Crippen LogP contribution in [-0.2, 0) is 11.8 Å². The number of hydrogen-bond acceptors (Lipinski definition) is 5. The number of fused-ring (bicyclic) bond motifs is 1. The van der Waals surface area contributed by atoms with E-state index < -0.39 is 6.34 Å². The number of nitrogens with one attached hydrogen (secondary N) is 4. The molecule has 2 unspecified atom stereocenters. The Morgan fingerprint density at radius 3 is 2.47 bits per heavy atom. The van der Waals surface area contributed by atoms with Crippen molar-refractivity contribution in [2.24, 2.45) is 0 Å². The first-order valence-corrected chi connectivity index (χ1v) is 12.7. The lowest BCUT2D eigenvalue weighted by Crippen LogP contribution is -2.44. The van der Waals surface area contributed by atoms with Crippen LogP contribution in [0.1, 0.15) is 22.7 Å². The van der Waals surface area contributed by atoms with Gasteiger partial charge in [0.25, 0.3) is 0 Å². The Hall–Kier alpha value is -2.67. The predicted octanol–water partition coefficient (Wildman–Crippen LogP) is 3.65. The van der Waals surface area contributed by atoms with Crippen LogP contribution < -0.4 is 25.5 Å². The molecular weight excluding hydrogens is 433 g/mol. The molecule has 0 amide bonds. The van der Waals surface area contributed by atoms with Crippen molar-refractivity contribution in [2.45, 2.75) is 12.8 Å². The number of ether oxygens (including phenoxy) is 1. The van der Waals surface area contributed by atoms with Gasteiger partial charge in [0.1, 0.15) is 22.9 Å². The fourth-order valence-corrected chi connectivity index (χ4v) is 7.48. The van der Waals surface area contributed by atoms with Crippen molar-refractivity contribution in [3.63, 3.8) is 0 Å². The molecule has 0 fully saturated rings. The minimum Gasteiger partial charge on any atom is -0.497 e. The topological polar surface area (TPSA) is 74.0 Å². The van der Waals surface area contributed by atoms with Crippen LogP contribution in [0.2, 0.25) is 0 Å². The van der Waals surface area contributed by atoms with Crippen LogP contribution in [0.4, 0.5) is 5.82 Å². The van der Waals surface area contributed by atoms with Gasteiger partial charge in [-0.15, -0.1) is 0 Å². The lowest BCUT2D eigenvalue weighted by molar-refractivity contribution is 0.415. The normalized spacial score (nSPS) is 22.3. The number of aromatic amines is 1. The van der Waals surface area contributed by atoms with Crippen molar-refractivity contribution in [1.29, 1.82) is 0 Å². The SMILES string of the molecule is COc1ccc(P2(=S)NC(=S)C3=C(Nc4n[nH]c(C)c4C3c3ccccc3)N2)cc1. The highest BCUT2D eigenvalue weighted by atomic mass is 32.4. The summed E-state index contributed by atoms with van der Waals surface area (Å²) in [6.07, 6.45) is -2.39. The second-order valence-corrected chi connectivity index (χ2v) is 11.5. The zero-order valence-corrected chi connectivity index (χ0v) is 18.9. The number of hydrogen-bond donors (Lipinski definition) is 4. The van der Waals surface area contributed by atoms with Crippen molar-refractivity contribution in [3.8, 4) is 5.75 Å². The summed E-state index contributed by atoms with van der Waals surface area (Å²) in [5.74, 6) is 2.37. The zero-order chi connectivity index (χ0) is 20.9. The van der Waals surface area contributed by atoms with Gasteiger partial charge in [0.2, 0.25) is 0 Å². The Kier molecular flexibility index (Phi) is 4.65. The van der Waals surface area contributed by atoms with Crippen molar-refractivity contribution in [3.05, 3.63) is 82.8 Å². The number of nitrogens with zero attached hydrogens (tertiary/aromatic N) is 1. The lowest BCUT2D eigenvalue weighted by atomic mass is 9.82. The van der Waals surface area contributed by atoms with Gasteiger partial charge in [-0.05, 0) is 48.6 Å². The van der Waals surface area contributed by atoms with Crippen LogP contribution in [0.5, 0.6) is 5.75 Å². The second-order valence-electron chi connectivity index (χ2n) is 7.23. The smallest absolute Gasteiger partial charge is 0.157 e. The number of rotatable bonds is 3. The largest absolute Gasteiger partial charge is 0.497 e. The quantitative estimate of drug-likeness (QED) is 0.356. The van der Waals surface area contributed by atoms with E-state index in [4.69, 9.17) is 28.8 Å². The summed E-state index contributed by atoms with van der Waals surface area (Å²) in [6.45, 7) is 2.03. The molecule has 2 atom stereocenters. The Balaban J connectivity index is 1.62. The molecule has 4 N–H and O–H groups in total. The van der Waals surface area contributed by atoms with Crippen molar-refractivity contribution in [2.75, 3.05) is 12.4 Å². The maximum Gasteiger partial charge on any atom is 0.157 e. The molecule has 30 heavy (non-hydrogen) atoms. The Morgan fingerprint density at radius 2 is 1.77 bits per heavy atom. The van der Waals surface area contributed by atoms with E-state index in [1.165, 1.54) is 0 Å². The van der Waals surface area contributed by atoms with Gasteiger partial charge >= 0.3 is 0 Å². The number of H-pyrrole nitrogens is 1. The Bertz CT molecular complexity index is 1220. The molecule has 9 heteroatoms. The molecule has 2 aliphatic rings.